The summed E-state index contributed by atoms with van der Waals surface area (Å²) in [6.07, 6.45) is 3.30. The maximum absolute atomic E-state index is 15.3. The fourth-order valence-electron chi connectivity index (χ4n) is 2.88. The molecule has 2 aromatic carbocycles. The Kier molecular flexibility index (Phi) is 4.41. The summed E-state index contributed by atoms with van der Waals surface area (Å²) in [4.78, 5) is 13.0. The smallest absolute Gasteiger partial charge is 0.163 e. The molecule has 0 spiro atoms. The number of rotatable bonds is 3. The van der Waals surface area contributed by atoms with Crippen LogP contribution in [-0.2, 0) is 0 Å². The predicted octanol–water partition coefficient (Wildman–Crippen LogP) is 5.33. The van der Waals surface area contributed by atoms with Gasteiger partial charge in [-0.25, -0.2) is 18.7 Å². The predicted molar refractivity (Wildman–Crippen MR) is 103 cm³/mol. The first-order valence-electron chi connectivity index (χ1n) is 8.12. The van der Waals surface area contributed by atoms with Crippen LogP contribution in [0.1, 0.15) is 0 Å². The van der Waals surface area contributed by atoms with Crippen LogP contribution < -0.4 is 5.32 Å². The molecule has 1 N–H and O–H groups in total. The van der Waals surface area contributed by atoms with Gasteiger partial charge in [-0.3, -0.25) is 4.98 Å². The van der Waals surface area contributed by atoms with E-state index in [4.69, 9.17) is 11.6 Å². The van der Waals surface area contributed by atoms with Crippen LogP contribution in [0.4, 0.5) is 14.6 Å². The first kappa shape index (κ1) is 17.3. The van der Waals surface area contributed by atoms with E-state index in [2.05, 4.69) is 20.3 Å². The highest BCUT2D eigenvalue weighted by Gasteiger charge is 2.17. The van der Waals surface area contributed by atoms with E-state index in [-0.39, 0.29) is 10.4 Å². The molecule has 0 atom stereocenters. The topological polar surface area (TPSA) is 50.7 Å². The molecule has 0 unspecified atom stereocenters. The average molecular weight is 383 g/mol. The van der Waals surface area contributed by atoms with Gasteiger partial charge in [0.1, 0.15) is 17.5 Å². The second-order valence-electron chi connectivity index (χ2n) is 5.84. The molecule has 27 heavy (non-hydrogen) atoms. The molecule has 7 heteroatoms. The number of anilines is 1. The van der Waals surface area contributed by atoms with Gasteiger partial charge in [0.25, 0.3) is 0 Å². The summed E-state index contributed by atoms with van der Waals surface area (Å²) < 4.78 is 28.7. The number of hydrogen-bond donors (Lipinski definition) is 1. The highest BCUT2D eigenvalue weighted by molar-refractivity contribution is 6.31. The van der Waals surface area contributed by atoms with Crippen LogP contribution in [0.15, 0.2) is 54.9 Å². The molecule has 0 bridgehead atoms. The molecule has 0 fully saturated rings. The van der Waals surface area contributed by atoms with Crippen molar-refractivity contribution in [2.24, 2.45) is 0 Å². The Balaban J connectivity index is 1.94. The van der Waals surface area contributed by atoms with Gasteiger partial charge in [0, 0.05) is 30.6 Å². The van der Waals surface area contributed by atoms with Crippen molar-refractivity contribution >= 4 is 28.3 Å². The Labute approximate surface area is 158 Å². The minimum absolute atomic E-state index is 0.0657. The van der Waals surface area contributed by atoms with Crippen LogP contribution in [0.2, 0.25) is 5.02 Å². The third kappa shape index (κ3) is 3.08. The van der Waals surface area contributed by atoms with Gasteiger partial charge in [0.2, 0.25) is 0 Å². The summed E-state index contributed by atoms with van der Waals surface area (Å²) in [6, 6.07) is 11.0. The van der Waals surface area contributed by atoms with E-state index in [0.29, 0.717) is 28.3 Å². The summed E-state index contributed by atoms with van der Waals surface area (Å²) in [5.41, 5.74) is 1.94. The van der Waals surface area contributed by atoms with Crippen LogP contribution in [0.25, 0.3) is 33.4 Å². The van der Waals surface area contributed by atoms with Crippen molar-refractivity contribution in [2.45, 2.75) is 0 Å². The molecule has 0 saturated heterocycles. The number of halogens is 3. The molecule has 134 valence electrons. The van der Waals surface area contributed by atoms with Gasteiger partial charge < -0.3 is 5.32 Å². The maximum atomic E-state index is 15.3. The lowest BCUT2D eigenvalue weighted by Gasteiger charge is -2.12. The highest BCUT2D eigenvalue weighted by atomic mass is 35.5. The van der Waals surface area contributed by atoms with Crippen molar-refractivity contribution in [1.29, 1.82) is 0 Å². The lowest BCUT2D eigenvalue weighted by Crippen LogP contribution is -2.01. The standard InChI is InChI=1S/C20H13ClF2N4/c1-24-20-17-16(26-19(27-20)12-3-2-8-25-10-12)7-5-13(18(17)23)11-4-6-15(22)14(21)9-11/h2-10H,1H3,(H,24,26,27). The van der Waals surface area contributed by atoms with Crippen LogP contribution in [0.5, 0.6) is 0 Å². The molecule has 0 aliphatic carbocycles. The minimum Gasteiger partial charge on any atom is -0.372 e. The lowest BCUT2D eigenvalue weighted by molar-refractivity contribution is 0.627. The molecule has 2 heterocycles. The molecular formula is C20H13ClF2N4. The quantitative estimate of drug-likeness (QED) is 0.520. The molecule has 4 rings (SSSR count). The van der Waals surface area contributed by atoms with E-state index >= 15 is 4.39 Å². The Morgan fingerprint density at radius 1 is 1.00 bits per heavy atom. The number of benzene rings is 2. The SMILES string of the molecule is CNc1nc(-c2cccnc2)nc2ccc(-c3ccc(F)c(Cl)c3)c(F)c12. The van der Waals surface area contributed by atoms with Crippen molar-refractivity contribution in [3.63, 3.8) is 0 Å². The van der Waals surface area contributed by atoms with Crippen LogP contribution in [-0.4, -0.2) is 22.0 Å². The molecule has 0 saturated carbocycles. The Bertz CT molecular complexity index is 1150. The molecule has 4 aromatic rings. The third-order valence-corrected chi connectivity index (χ3v) is 4.48. The number of aromatic nitrogens is 3. The monoisotopic (exact) mass is 382 g/mol. The highest BCUT2D eigenvalue weighted by Crippen LogP contribution is 2.34. The van der Waals surface area contributed by atoms with Crippen molar-refractivity contribution in [2.75, 3.05) is 12.4 Å². The molecule has 0 aliphatic rings. The molecule has 4 nitrogen and oxygen atoms in total. The molecule has 0 amide bonds. The van der Waals surface area contributed by atoms with E-state index in [0.717, 1.165) is 5.56 Å². The van der Waals surface area contributed by atoms with Crippen molar-refractivity contribution in [3.05, 3.63) is 71.5 Å². The van der Waals surface area contributed by atoms with Crippen molar-refractivity contribution < 1.29 is 8.78 Å². The summed E-state index contributed by atoms with van der Waals surface area (Å²) in [7, 11) is 1.66. The summed E-state index contributed by atoms with van der Waals surface area (Å²) >= 11 is 5.84. The maximum Gasteiger partial charge on any atom is 0.163 e. The van der Waals surface area contributed by atoms with Crippen molar-refractivity contribution in [3.8, 4) is 22.5 Å². The van der Waals surface area contributed by atoms with E-state index in [1.165, 1.54) is 18.2 Å². The molecular weight excluding hydrogens is 370 g/mol. The molecule has 0 aliphatic heterocycles. The van der Waals surface area contributed by atoms with Gasteiger partial charge in [-0.1, -0.05) is 17.7 Å². The van der Waals surface area contributed by atoms with Gasteiger partial charge in [0.05, 0.1) is 15.9 Å². The second-order valence-corrected chi connectivity index (χ2v) is 6.24. The zero-order chi connectivity index (χ0) is 19.0. The fourth-order valence-corrected chi connectivity index (χ4v) is 3.06. The fraction of sp³-hybridized carbons (Fsp3) is 0.0500. The zero-order valence-electron chi connectivity index (χ0n) is 14.2. The van der Waals surface area contributed by atoms with Gasteiger partial charge in [-0.05, 0) is 42.0 Å². The Morgan fingerprint density at radius 2 is 1.85 bits per heavy atom. The van der Waals surface area contributed by atoms with Gasteiger partial charge in [-0.2, -0.15) is 0 Å². The number of fused-ring (bicyclic) bond motifs is 1. The largest absolute Gasteiger partial charge is 0.372 e. The third-order valence-electron chi connectivity index (χ3n) is 4.19. The normalized spacial score (nSPS) is 11.0. The summed E-state index contributed by atoms with van der Waals surface area (Å²) in [5, 5.41) is 3.11. The number of nitrogens with zero attached hydrogens (tertiary/aromatic N) is 3. The number of hydrogen-bond acceptors (Lipinski definition) is 4. The Hall–Kier alpha value is -3.12. The van der Waals surface area contributed by atoms with E-state index in [9.17, 15) is 4.39 Å². The molecule has 0 radical (unpaired) electrons. The van der Waals surface area contributed by atoms with Gasteiger partial charge >= 0.3 is 0 Å². The van der Waals surface area contributed by atoms with E-state index < -0.39 is 11.6 Å². The van der Waals surface area contributed by atoms with E-state index in [1.807, 2.05) is 6.07 Å². The second kappa shape index (κ2) is 6.89. The Morgan fingerprint density at radius 3 is 2.56 bits per heavy atom. The summed E-state index contributed by atoms with van der Waals surface area (Å²) in [5.74, 6) is -0.262. The average Bonchev–Trinajstić information content (AvgIpc) is 2.70. The number of nitrogens with one attached hydrogen (secondary N) is 1. The van der Waals surface area contributed by atoms with Gasteiger partial charge in [-0.15, -0.1) is 0 Å². The van der Waals surface area contributed by atoms with Crippen LogP contribution in [0.3, 0.4) is 0 Å². The lowest BCUT2D eigenvalue weighted by atomic mass is 10.0. The first-order valence-corrected chi connectivity index (χ1v) is 8.50. The van der Waals surface area contributed by atoms with Crippen LogP contribution >= 0.6 is 11.6 Å². The van der Waals surface area contributed by atoms with E-state index in [1.54, 1.807) is 37.6 Å². The number of pyridine rings is 1. The zero-order valence-corrected chi connectivity index (χ0v) is 14.9. The minimum atomic E-state index is -0.554. The van der Waals surface area contributed by atoms with Gasteiger partial charge in [0.15, 0.2) is 5.82 Å². The van der Waals surface area contributed by atoms with Crippen LogP contribution in [0, 0.1) is 11.6 Å². The summed E-state index contributed by atoms with van der Waals surface area (Å²) in [6.45, 7) is 0. The first-order chi connectivity index (χ1) is 13.1. The van der Waals surface area contributed by atoms with Crippen molar-refractivity contribution in [1.82, 2.24) is 15.0 Å². The molecule has 2 aromatic heterocycles.